The van der Waals surface area contributed by atoms with Gasteiger partial charge in [0.15, 0.2) is 5.76 Å². The van der Waals surface area contributed by atoms with Crippen molar-refractivity contribution in [3.05, 3.63) is 48.0 Å². The van der Waals surface area contributed by atoms with E-state index in [0.29, 0.717) is 0 Å². The Morgan fingerprint density at radius 1 is 1.24 bits per heavy atom. The van der Waals surface area contributed by atoms with E-state index in [1.807, 2.05) is 0 Å². The minimum Gasteiger partial charge on any atom is -0.438 e. The van der Waals surface area contributed by atoms with E-state index >= 15 is 0 Å². The van der Waals surface area contributed by atoms with Crippen LogP contribution in [0.2, 0.25) is 0 Å². The molecule has 0 saturated heterocycles. The molecule has 0 unspecified atom stereocenters. The average Bonchev–Trinajstić information content (AvgIpc) is 2.88. The first-order chi connectivity index (χ1) is 9.80. The fraction of sp³-hybridized carbons (Fsp3) is 0.154. The van der Waals surface area contributed by atoms with Gasteiger partial charge in [-0.05, 0) is 30.3 Å². The summed E-state index contributed by atoms with van der Waals surface area (Å²) in [5.74, 6) is -1.34. The number of sulfonamides is 1. The van der Waals surface area contributed by atoms with E-state index in [9.17, 15) is 17.6 Å². The van der Waals surface area contributed by atoms with Crippen molar-refractivity contribution in [3.8, 4) is 0 Å². The molecule has 0 aliphatic heterocycles. The fourth-order valence-corrected chi connectivity index (χ4v) is 2.31. The summed E-state index contributed by atoms with van der Waals surface area (Å²) in [6.07, 6.45) is 0. The SMILES string of the molecule is CN(C)S(=O)(=O)c1ccc(C(=O)Nc2cccc(F)c2)o1. The van der Waals surface area contributed by atoms with Gasteiger partial charge in [0.25, 0.3) is 15.9 Å². The lowest BCUT2D eigenvalue weighted by Crippen LogP contribution is -2.21. The van der Waals surface area contributed by atoms with Gasteiger partial charge in [-0.25, -0.2) is 17.1 Å². The minimum atomic E-state index is -3.74. The van der Waals surface area contributed by atoms with Crippen LogP contribution in [0, 0.1) is 5.82 Å². The van der Waals surface area contributed by atoms with Gasteiger partial charge in [-0.15, -0.1) is 0 Å². The summed E-state index contributed by atoms with van der Waals surface area (Å²) in [4.78, 5) is 11.9. The van der Waals surface area contributed by atoms with Gasteiger partial charge < -0.3 is 9.73 Å². The third-order valence-electron chi connectivity index (χ3n) is 2.62. The smallest absolute Gasteiger partial charge is 0.291 e. The first-order valence-electron chi connectivity index (χ1n) is 5.90. The van der Waals surface area contributed by atoms with Gasteiger partial charge in [-0.1, -0.05) is 6.07 Å². The topological polar surface area (TPSA) is 79.6 Å². The van der Waals surface area contributed by atoms with Crippen molar-refractivity contribution < 1.29 is 22.0 Å². The molecule has 1 amide bonds. The summed E-state index contributed by atoms with van der Waals surface area (Å²) in [5.41, 5.74) is 0.244. The van der Waals surface area contributed by atoms with E-state index < -0.39 is 21.7 Å². The number of nitrogens with one attached hydrogen (secondary N) is 1. The maximum absolute atomic E-state index is 13.0. The molecule has 1 heterocycles. The van der Waals surface area contributed by atoms with Crippen LogP contribution in [0.15, 0.2) is 45.9 Å². The van der Waals surface area contributed by atoms with Crippen molar-refractivity contribution in [1.82, 2.24) is 4.31 Å². The summed E-state index contributed by atoms with van der Waals surface area (Å²) in [6.45, 7) is 0. The van der Waals surface area contributed by atoms with Crippen molar-refractivity contribution in [2.75, 3.05) is 19.4 Å². The summed E-state index contributed by atoms with van der Waals surface area (Å²) in [5, 5.41) is 2.08. The minimum absolute atomic E-state index is 0.181. The van der Waals surface area contributed by atoms with Crippen LogP contribution in [0.4, 0.5) is 10.1 Å². The first-order valence-corrected chi connectivity index (χ1v) is 7.34. The molecule has 6 nitrogen and oxygen atoms in total. The van der Waals surface area contributed by atoms with Crippen LogP contribution < -0.4 is 5.32 Å². The molecule has 112 valence electrons. The van der Waals surface area contributed by atoms with Crippen LogP contribution in [0.5, 0.6) is 0 Å². The molecule has 0 aliphatic rings. The second-order valence-corrected chi connectivity index (χ2v) is 6.45. The number of halogens is 1. The second-order valence-electron chi connectivity index (χ2n) is 4.37. The Hall–Kier alpha value is -2.19. The van der Waals surface area contributed by atoms with Gasteiger partial charge in [0.2, 0.25) is 5.09 Å². The number of furan rings is 1. The highest BCUT2D eigenvalue weighted by Crippen LogP contribution is 2.18. The molecule has 0 bridgehead atoms. The Morgan fingerprint density at radius 2 is 1.95 bits per heavy atom. The van der Waals surface area contributed by atoms with Crippen LogP contribution in [0.3, 0.4) is 0 Å². The van der Waals surface area contributed by atoms with Crippen molar-refractivity contribution in [2.24, 2.45) is 0 Å². The van der Waals surface area contributed by atoms with Crippen molar-refractivity contribution >= 4 is 21.6 Å². The lowest BCUT2D eigenvalue weighted by Gasteiger charge is -2.07. The molecule has 0 spiro atoms. The zero-order valence-electron chi connectivity index (χ0n) is 11.3. The molecule has 1 N–H and O–H groups in total. The van der Waals surface area contributed by atoms with Crippen LogP contribution in [0.25, 0.3) is 0 Å². The first kappa shape index (κ1) is 15.2. The maximum atomic E-state index is 13.0. The molecule has 0 fully saturated rings. The number of hydrogen-bond acceptors (Lipinski definition) is 4. The number of carbonyl (C=O) groups is 1. The third-order valence-corrected chi connectivity index (χ3v) is 4.31. The van der Waals surface area contributed by atoms with Gasteiger partial charge in [-0.2, -0.15) is 0 Å². The molecule has 8 heteroatoms. The Kier molecular flexibility index (Phi) is 4.10. The molecule has 0 atom stereocenters. The van der Waals surface area contributed by atoms with Crippen LogP contribution in [-0.4, -0.2) is 32.7 Å². The highest BCUT2D eigenvalue weighted by Gasteiger charge is 2.23. The van der Waals surface area contributed by atoms with E-state index in [1.165, 1.54) is 44.4 Å². The molecular weight excluding hydrogens is 299 g/mol. The largest absolute Gasteiger partial charge is 0.438 e. The van der Waals surface area contributed by atoms with Gasteiger partial charge in [0, 0.05) is 19.8 Å². The molecule has 0 aliphatic carbocycles. The summed E-state index contributed by atoms with van der Waals surface area (Å²) in [6, 6.07) is 7.75. The van der Waals surface area contributed by atoms with Gasteiger partial charge in [0.1, 0.15) is 5.82 Å². The average molecular weight is 312 g/mol. The molecule has 2 rings (SSSR count). The molecule has 2 aromatic rings. The molecule has 21 heavy (non-hydrogen) atoms. The van der Waals surface area contributed by atoms with Gasteiger partial charge >= 0.3 is 0 Å². The number of carbonyl (C=O) groups excluding carboxylic acids is 1. The van der Waals surface area contributed by atoms with Crippen LogP contribution >= 0.6 is 0 Å². The quantitative estimate of drug-likeness (QED) is 0.935. The summed E-state index contributed by atoms with van der Waals surface area (Å²) < 4.78 is 42.7. The Morgan fingerprint density at radius 3 is 2.57 bits per heavy atom. The molecule has 0 radical (unpaired) electrons. The Balaban J connectivity index is 2.20. The van der Waals surface area contributed by atoms with Crippen LogP contribution in [0.1, 0.15) is 10.6 Å². The number of amides is 1. The van der Waals surface area contributed by atoms with E-state index in [2.05, 4.69) is 5.32 Å². The van der Waals surface area contributed by atoms with Gasteiger partial charge in [-0.3, -0.25) is 4.79 Å². The van der Waals surface area contributed by atoms with Gasteiger partial charge in [0.05, 0.1) is 0 Å². The number of hydrogen-bond donors (Lipinski definition) is 1. The second kappa shape index (κ2) is 5.66. The molecule has 0 saturated carbocycles. The predicted octanol–water partition coefficient (Wildman–Crippen LogP) is 1.92. The normalized spacial score (nSPS) is 11.6. The molecule has 1 aromatic heterocycles. The van der Waals surface area contributed by atoms with Crippen molar-refractivity contribution in [1.29, 1.82) is 0 Å². The van der Waals surface area contributed by atoms with E-state index in [4.69, 9.17) is 4.42 Å². The standard InChI is InChI=1S/C13H13FN2O4S/c1-16(2)21(18,19)12-7-6-11(20-12)13(17)15-10-5-3-4-9(14)8-10/h3-8H,1-2H3,(H,15,17). The number of nitrogens with zero attached hydrogens (tertiary/aromatic N) is 1. The Labute approximate surface area is 121 Å². The Bertz CT molecular complexity index is 768. The van der Waals surface area contributed by atoms with E-state index in [-0.39, 0.29) is 16.5 Å². The van der Waals surface area contributed by atoms with Crippen molar-refractivity contribution in [2.45, 2.75) is 5.09 Å². The van der Waals surface area contributed by atoms with E-state index in [0.717, 1.165) is 10.4 Å². The summed E-state index contributed by atoms with van der Waals surface area (Å²) >= 11 is 0. The zero-order valence-corrected chi connectivity index (χ0v) is 12.1. The molecule has 1 aromatic carbocycles. The highest BCUT2D eigenvalue weighted by atomic mass is 32.2. The monoisotopic (exact) mass is 312 g/mol. The highest BCUT2D eigenvalue weighted by molar-refractivity contribution is 7.88. The predicted molar refractivity (Wildman–Crippen MR) is 73.9 cm³/mol. The van der Waals surface area contributed by atoms with E-state index in [1.54, 1.807) is 0 Å². The lowest BCUT2D eigenvalue weighted by molar-refractivity contribution is 0.0991. The number of rotatable bonds is 4. The number of anilines is 1. The fourth-order valence-electron chi connectivity index (χ4n) is 1.52. The third kappa shape index (κ3) is 3.29. The zero-order chi connectivity index (χ0) is 15.6. The lowest BCUT2D eigenvalue weighted by atomic mass is 10.3. The van der Waals surface area contributed by atoms with Crippen LogP contribution in [-0.2, 0) is 10.0 Å². The molecular formula is C13H13FN2O4S. The maximum Gasteiger partial charge on any atom is 0.291 e. The van der Waals surface area contributed by atoms with Crippen molar-refractivity contribution in [3.63, 3.8) is 0 Å². The summed E-state index contributed by atoms with van der Waals surface area (Å²) in [7, 11) is -1.04. The number of benzene rings is 1.